The predicted octanol–water partition coefficient (Wildman–Crippen LogP) is 0.261. The highest BCUT2D eigenvalue weighted by Crippen LogP contribution is 2.13. The van der Waals surface area contributed by atoms with E-state index in [4.69, 9.17) is 0 Å². The summed E-state index contributed by atoms with van der Waals surface area (Å²) in [5, 5.41) is 15.0. The average molecular weight is 377 g/mol. The van der Waals surface area contributed by atoms with E-state index >= 15 is 0 Å². The van der Waals surface area contributed by atoms with Crippen molar-refractivity contribution in [2.75, 3.05) is 0 Å². The second-order valence-electron chi connectivity index (χ2n) is 5.81. The molecule has 0 atom stereocenters. The van der Waals surface area contributed by atoms with Gasteiger partial charge in [-0.25, -0.2) is 4.68 Å². The minimum atomic E-state index is -0.476. The van der Waals surface area contributed by atoms with Crippen LogP contribution >= 0.6 is 0 Å². The lowest BCUT2D eigenvalue weighted by atomic mass is 10.2. The Morgan fingerprint density at radius 2 is 1.71 bits per heavy atom. The number of hydrazine groups is 1. The number of rotatable bonds is 4. The molecular formula is C17H15N9O2. The summed E-state index contributed by atoms with van der Waals surface area (Å²) in [6, 6.07) is 10.3. The zero-order valence-electron chi connectivity index (χ0n) is 14.7. The van der Waals surface area contributed by atoms with Gasteiger partial charge in [0.05, 0.1) is 11.9 Å². The molecule has 0 unspecified atom stereocenters. The second kappa shape index (κ2) is 7.15. The SMILES string of the molecule is Cn1ncc(C(=O)NNC(=O)c2ccc(-n3cnnn3)cc2)c1-n1cccc1. The van der Waals surface area contributed by atoms with Gasteiger partial charge in [-0.05, 0) is 46.8 Å². The lowest BCUT2D eigenvalue weighted by Crippen LogP contribution is -2.41. The van der Waals surface area contributed by atoms with Crippen molar-refractivity contribution in [3.63, 3.8) is 0 Å². The fourth-order valence-electron chi connectivity index (χ4n) is 2.67. The highest BCUT2D eigenvalue weighted by Gasteiger charge is 2.18. The van der Waals surface area contributed by atoms with Gasteiger partial charge in [0.25, 0.3) is 11.8 Å². The Kier molecular flexibility index (Phi) is 4.38. The van der Waals surface area contributed by atoms with Gasteiger partial charge < -0.3 is 4.57 Å². The van der Waals surface area contributed by atoms with Crippen molar-refractivity contribution in [1.82, 2.24) is 45.4 Å². The van der Waals surface area contributed by atoms with Crippen LogP contribution in [-0.4, -0.2) is 46.4 Å². The molecule has 0 fully saturated rings. The molecule has 4 rings (SSSR count). The van der Waals surface area contributed by atoms with E-state index in [1.54, 1.807) is 53.0 Å². The van der Waals surface area contributed by atoms with Crippen LogP contribution in [0.5, 0.6) is 0 Å². The summed E-state index contributed by atoms with van der Waals surface area (Å²) in [5.41, 5.74) is 6.22. The standard InChI is InChI=1S/C17H15N9O2/c1-24-17(25-8-2-3-9-25)14(10-19-24)16(28)21-20-15(27)12-4-6-13(7-5-12)26-11-18-22-23-26/h2-11H,1H3,(H,20,27)(H,21,28). The molecule has 0 saturated heterocycles. The minimum Gasteiger partial charge on any atom is -0.308 e. The zero-order chi connectivity index (χ0) is 19.5. The van der Waals surface area contributed by atoms with E-state index in [0.717, 1.165) is 0 Å². The van der Waals surface area contributed by atoms with Crippen LogP contribution < -0.4 is 10.9 Å². The number of nitrogens with zero attached hydrogens (tertiary/aromatic N) is 7. The molecule has 1 aromatic carbocycles. The van der Waals surface area contributed by atoms with Crippen LogP contribution in [0.15, 0.2) is 61.3 Å². The maximum absolute atomic E-state index is 12.5. The molecule has 0 radical (unpaired) electrons. The van der Waals surface area contributed by atoms with Gasteiger partial charge in [-0.2, -0.15) is 5.10 Å². The van der Waals surface area contributed by atoms with Gasteiger partial charge in [0.1, 0.15) is 17.7 Å². The van der Waals surface area contributed by atoms with E-state index in [2.05, 4.69) is 31.5 Å². The van der Waals surface area contributed by atoms with Gasteiger partial charge in [-0.15, -0.1) is 5.10 Å². The summed E-state index contributed by atoms with van der Waals surface area (Å²) in [5.74, 6) is -0.346. The fourth-order valence-corrected chi connectivity index (χ4v) is 2.67. The quantitative estimate of drug-likeness (QED) is 0.492. The van der Waals surface area contributed by atoms with Crippen molar-refractivity contribution in [3.8, 4) is 11.5 Å². The van der Waals surface area contributed by atoms with Crippen LogP contribution in [0.25, 0.3) is 11.5 Å². The zero-order valence-corrected chi connectivity index (χ0v) is 14.7. The van der Waals surface area contributed by atoms with Crippen molar-refractivity contribution >= 4 is 11.8 Å². The number of nitrogens with one attached hydrogen (secondary N) is 2. The Labute approximate surface area is 158 Å². The van der Waals surface area contributed by atoms with Crippen LogP contribution in [-0.2, 0) is 7.05 Å². The lowest BCUT2D eigenvalue weighted by molar-refractivity contribution is 0.0846. The average Bonchev–Trinajstić information content (AvgIpc) is 3.47. The maximum Gasteiger partial charge on any atom is 0.275 e. The number of aromatic nitrogens is 7. The molecule has 3 aromatic heterocycles. The highest BCUT2D eigenvalue weighted by molar-refractivity contribution is 6.00. The molecule has 2 amide bonds. The van der Waals surface area contributed by atoms with E-state index in [0.29, 0.717) is 22.6 Å². The van der Waals surface area contributed by atoms with E-state index in [9.17, 15) is 9.59 Å². The Bertz CT molecular complexity index is 1100. The Morgan fingerprint density at radius 3 is 2.39 bits per heavy atom. The molecule has 0 spiro atoms. The van der Waals surface area contributed by atoms with Crippen molar-refractivity contribution in [2.45, 2.75) is 0 Å². The predicted molar refractivity (Wildman–Crippen MR) is 96.6 cm³/mol. The van der Waals surface area contributed by atoms with Gasteiger partial charge in [0.2, 0.25) is 0 Å². The molecule has 11 heteroatoms. The van der Waals surface area contributed by atoms with Crippen LogP contribution in [0.1, 0.15) is 20.7 Å². The van der Waals surface area contributed by atoms with Gasteiger partial charge in [-0.1, -0.05) is 0 Å². The summed E-state index contributed by atoms with van der Waals surface area (Å²) in [4.78, 5) is 24.8. The first kappa shape index (κ1) is 17.1. The summed E-state index contributed by atoms with van der Waals surface area (Å²) >= 11 is 0. The molecule has 0 saturated carbocycles. The molecule has 2 N–H and O–H groups in total. The molecular weight excluding hydrogens is 362 g/mol. The Balaban J connectivity index is 1.43. The van der Waals surface area contributed by atoms with E-state index < -0.39 is 11.8 Å². The molecule has 0 bridgehead atoms. The molecule has 0 aliphatic rings. The lowest BCUT2D eigenvalue weighted by Gasteiger charge is -2.10. The maximum atomic E-state index is 12.5. The van der Waals surface area contributed by atoms with E-state index in [-0.39, 0.29) is 0 Å². The number of hydrogen-bond acceptors (Lipinski definition) is 6. The number of tetrazole rings is 1. The third-order valence-corrected chi connectivity index (χ3v) is 4.03. The van der Waals surface area contributed by atoms with Crippen LogP contribution in [0.2, 0.25) is 0 Å². The summed E-state index contributed by atoms with van der Waals surface area (Å²) in [6.45, 7) is 0. The van der Waals surface area contributed by atoms with Crippen LogP contribution in [0.3, 0.4) is 0 Å². The number of aryl methyl sites for hydroxylation is 1. The first-order chi connectivity index (χ1) is 13.6. The van der Waals surface area contributed by atoms with Gasteiger partial charge >= 0.3 is 0 Å². The summed E-state index contributed by atoms with van der Waals surface area (Å²) < 4.78 is 4.81. The number of carbonyl (C=O) groups excluding carboxylic acids is 2. The first-order valence-corrected chi connectivity index (χ1v) is 8.23. The first-order valence-electron chi connectivity index (χ1n) is 8.23. The van der Waals surface area contributed by atoms with E-state index in [1.165, 1.54) is 17.2 Å². The van der Waals surface area contributed by atoms with Crippen molar-refractivity contribution in [1.29, 1.82) is 0 Å². The van der Waals surface area contributed by atoms with E-state index in [1.807, 2.05) is 12.1 Å². The fraction of sp³-hybridized carbons (Fsp3) is 0.0588. The number of benzene rings is 1. The van der Waals surface area contributed by atoms with Crippen molar-refractivity contribution < 1.29 is 9.59 Å². The molecule has 0 aliphatic carbocycles. The largest absolute Gasteiger partial charge is 0.308 e. The van der Waals surface area contributed by atoms with Gasteiger partial charge in [-0.3, -0.25) is 25.1 Å². The highest BCUT2D eigenvalue weighted by atomic mass is 16.2. The third-order valence-electron chi connectivity index (χ3n) is 4.03. The monoisotopic (exact) mass is 377 g/mol. The number of hydrogen-bond donors (Lipinski definition) is 2. The number of amides is 2. The minimum absolute atomic E-state index is 0.327. The Morgan fingerprint density at radius 1 is 1.00 bits per heavy atom. The van der Waals surface area contributed by atoms with Crippen LogP contribution in [0, 0.1) is 0 Å². The topological polar surface area (TPSA) is 125 Å². The number of carbonyl (C=O) groups is 2. The molecule has 4 aromatic rings. The molecule has 0 aliphatic heterocycles. The van der Waals surface area contributed by atoms with Gasteiger partial charge in [0.15, 0.2) is 0 Å². The molecule has 28 heavy (non-hydrogen) atoms. The summed E-state index contributed by atoms with van der Waals surface area (Å²) in [7, 11) is 1.73. The van der Waals surface area contributed by atoms with Crippen molar-refractivity contribution in [3.05, 3.63) is 72.4 Å². The smallest absolute Gasteiger partial charge is 0.275 e. The second-order valence-corrected chi connectivity index (χ2v) is 5.81. The Hall–Kier alpha value is -4.28. The van der Waals surface area contributed by atoms with Gasteiger partial charge in [0, 0.05) is 25.0 Å². The third kappa shape index (κ3) is 3.23. The molecule has 140 valence electrons. The summed E-state index contributed by atoms with van der Waals surface area (Å²) in [6.07, 6.45) is 6.50. The molecule has 3 heterocycles. The molecule has 11 nitrogen and oxygen atoms in total. The van der Waals surface area contributed by atoms with Crippen molar-refractivity contribution in [2.24, 2.45) is 7.05 Å². The van der Waals surface area contributed by atoms with Crippen LogP contribution in [0.4, 0.5) is 0 Å². The normalized spacial score (nSPS) is 10.6.